The number of rotatable bonds is 6. The third-order valence-corrected chi connectivity index (χ3v) is 4.48. The molecule has 2 rings (SSSR count). The van der Waals surface area contributed by atoms with Gasteiger partial charge in [0, 0.05) is 30.6 Å². The van der Waals surface area contributed by atoms with Crippen LogP contribution in [0.5, 0.6) is 0 Å². The fraction of sp³-hybridized carbons (Fsp3) is 0.467. The highest BCUT2D eigenvalue weighted by molar-refractivity contribution is 7.90. The largest absolute Gasteiger partial charge is 0.346 e. The summed E-state index contributed by atoms with van der Waals surface area (Å²) in [5, 5.41) is 1.14. The molecule has 0 radical (unpaired) electrons. The molecule has 0 saturated carbocycles. The Morgan fingerprint density at radius 2 is 2.05 bits per heavy atom. The van der Waals surface area contributed by atoms with Gasteiger partial charge in [-0.25, -0.2) is 8.42 Å². The molecule has 20 heavy (non-hydrogen) atoms. The molecule has 0 aliphatic heterocycles. The molecule has 1 unspecified atom stereocenters. The van der Waals surface area contributed by atoms with Crippen molar-refractivity contribution in [2.45, 2.75) is 32.4 Å². The summed E-state index contributed by atoms with van der Waals surface area (Å²) in [6.07, 6.45) is 5.05. The molecule has 0 fully saturated rings. The monoisotopic (exact) mass is 294 g/mol. The van der Waals surface area contributed by atoms with Crippen LogP contribution in [0, 0.1) is 0 Å². The smallest absolute Gasteiger partial charge is 0.149 e. The Hall–Kier alpha value is -1.33. The van der Waals surface area contributed by atoms with Crippen LogP contribution in [0.4, 0.5) is 0 Å². The van der Waals surface area contributed by atoms with Crippen LogP contribution in [0.2, 0.25) is 0 Å². The second-order valence-corrected chi connectivity index (χ2v) is 7.66. The number of fused-ring (bicyclic) bond motifs is 1. The summed E-state index contributed by atoms with van der Waals surface area (Å²) in [6.45, 7) is 2.58. The first-order valence-corrected chi connectivity index (χ1v) is 8.96. The van der Waals surface area contributed by atoms with E-state index in [9.17, 15) is 8.42 Å². The van der Waals surface area contributed by atoms with E-state index in [4.69, 9.17) is 5.73 Å². The summed E-state index contributed by atoms with van der Waals surface area (Å²) in [7, 11) is -2.93. The van der Waals surface area contributed by atoms with Crippen LogP contribution in [0.3, 0.4) is 0 Å². The fourth-order valence-electron chi connectivity index (χ4n) is 2.28. The van der Waals surface area contributed by atoms with Gasteiger partial charge in [0.15, 0.2) is 0 Å². The van der Waals surface area contributed by atoms with Crippen molar-refractivity contribution in [3.8, 4) is 0 Å². The molecular weight excluding hydrogens is 272 g/mol. The number of nitrogens with two attached hydrogens (primary N) is 1. The number of aromatic nitrogens is 1. The van der Waals surface area contributed by atoms with Crippen molar-refractivity contribution in [3.05, 3.63) is 36.0 Å². The van der Waals surface area contributed by atoms with Crippen molar-refractivity contribution in [2.75, 3.05) is 12.0 Å². The van der Waals surface area contributed by atoms with Crippen LogP contribution < -0.4 is 5.73 Å². The average molecular weight is 294 g/mol. The Balaban J connectivity index is 2.20. The Bertz CT molecular complexity index is 689. The maximum atomic E-state index is 11.2. The molecule has 1 aromatic heterocycles. The Morgan fingerprint density at radius 1 is 1.30 bits per heavy atom. The van der Waals surface area contributed by atoms with Gasteiger partial charge in [-0.1, -0.05) is 13.0 Å². The highest BCUT2D eigenvalue weighted by Crippen LogP contribution is 2.19. The fourth-order valence-corrected chi connectivity index (χ4v) is 2.81. The molecule has 0 aliphatic carbocycles. The maximum Gasteiger partial charge on any atom is 0.149 e. The first-order chi connectivity index (χ1) is 9.39. The van der Waals surface area contributed by atoms with E-state index in [1.54, 1.807) is 0 Å². The van der Waals surface area contributed by atoms with Crippen LogP contribution >= 0.6 is 0 Å². The van der Waals surface area contributed by atoms with Crippen molar-refractivity contribution >= 4 is 20.7 Å². The number of hydrogen-bond donors (Lipinski definition) is 1. The lowest BCUT2D eigenvalue weighted by Gasteiger charge is -2.09. The molecule has 1 heterocycles. The second-order valence-electron chi connectivity index (χ2n) is 5.40. The van der Waals surface area contributed by atoms with Crippen molar-refractivity contribution in [3.63, 3.8) is 0 Å². The van der Waals surface area contributed by atoms with Gasteiger partial charge in [0.25, 0.3) is 0 Å². The molecule has 110 valence electrons. The standard InChI is InChI=1S/C15H22N2O2S/c1-3-14(16)11-12-4-5-15-13(10-12)6-7-17(15)8-9-20(2,18)19/h4-7,10,14H,3,8-9,11,16H2,1-2H3. The Labute approximate surface area is 120 Å². The molecular formula is C15H22N2O2S. The SMILES string of the molecule is CCC(N)Cc1ccc2c(ccn2CCS(C)(=O)=O)c1. The van der Waals surface area contributed by atoms with Crippen LogP contribution in [0.15, 0.2) is 30.5 Å². The zero-order chi connectivity index (χ0) is 14.8. The average Bonchev–Trinajstić information content (AvgIpc) is 2.77. The maximum absolute atomic E-state index is 11.2. The summed E-state index contributed by atoms with van der Waals surface area (Å²) in [6, 6.07) is 8.49. The third kappa shape index (κ3) is 3.84. The third-order valence-electron chi connectivity index (χ3n) is 3.56. The quantitative estimate of drug-likeness (QED) is 0.886. The molecule has 1 atom stereocenters. The van der Waals surface area contributed by atoms with Gasteiger partial charge in [-0.3, -0.25) is 0 Å². The lowest BCUT2D eigenvalue weighted by atomic mass is 10.0. The minimum atomic E-state index is -2.93. The van der Waals surface area contributed by atoms with Crippen LogP contribution in [0.25, 0.3) is 10.9 Å². The summed E-state index contributed by atoms with van der Waals surface area (Å²) >= 11 is 0. The van der Waals surface area contributed by atoms with Gasteiger partial charge in [0.1, 0.15) is 9.84 Å². The predicted molar refractivity (Wildman–Crippen MR) is 83.6 cm³/mol. The van der Waals surface area contributed by atoms with E-state index in [1.165, 1.54) is 11.8 Å². The van der Waals surface area contributed by atoms with E-state index in [0.717, 1.165) is 23.7 Å². The zero-order valence-corrected chi connectivity index (χ0v) is 12.9. The molecule has 2 N–H and O–H groups in total. The number of nitrogens with zero attached hydrogens (tertiary/aromatic N) is 1. The minimum Gasteiger partial charge on any atom is -0.346 e. The van der Waals surface area contributed by atoms with Crippen LogP contribution in [-0.2, 0) is 22.8 Å². The number of aryl methyl sites for hydroxylation is 1. The predicted octanol–water partition coefficient (Wildman–Crippen LogP) is 1.97. The summed E-state index contributed by atoms with van der Waals surface area (Å²) in [4.78, 5) is 0. The highest BCUT2D eigenvalue weighted by Gasteiger charge is 2.07. The number of sulfone groups is 1. The van der Waals surface area contributed by atoms with Gasteiger partial charge in [-0.2, -0.15) is 0 Å². The van der Waals surface area contributed by atoms with E-state index in [1.807, 2.05) is 16.8 Å². The minimum absolute atomic E-state index is 0.166. The molecule has 1 aromatic carbocycles. The van der Waals surface area contributed by atoms with Gasteiger partial charge in [0.2, 0.25) is 0 Å². The van der Waals surface area contributed by atoms with Crippen molar-refractivity contribution in [1.82, 2.24) is 4.57 Å². The Morgan fingerprint density at radius 3 is 2.70 bits per heavy atom. The summed E-state index contributed by atoms with van der Waals surface area (Å²) in [5.74, 6) is 0.166. The first-order valence-electron chi connectivity index (χ1n) is 6.90. The van der Waals surface area contributed by atoms with Gasteiger partial charge >= 0.3 is 0 Å². The summed E-state index contributed by atoms with van der Waals surface area (Å²) in [5.41, 5.74) is 8.28. The van der Waals surface area contributed by atoms with Crippen molar-refractivity contribution in [2.24, 2.45) is 5.73 Å². The van der Waals surface area contributed by atoms with Crippen molar-refractivity contribution in [1.29, 1.82) is 0 Å². The second kappa shape index (κ2) is 5.97. The molecule has 5 heteroatoms. The molecule has 0 spiro atoms. The molecule has 0 bridgehead atoms. The van der Waals surface area contributed by atoms with Crippen molar-refractivity contribution < 1.29 is 8.42 Å². The normalized spacial score (nSPS) is 13.8. The molecule has 2 aromatic rings. The van der Waals surface area contributed by atoms with Gasteiger partial charge in [-0.15, -0.1) is 0 Å². The molecule has 0 amide bonds. The number of hydrogen-bond acceptors (Lipinski definition) is 3. The first kappa shape index (κ1) is 15.1. The van der Waals surface area contributed by atoms with Gasteiger partial charge < -0.3 is 10.3 Å². The van der Waals surface area contributed by atoms with Crippen LogP contribution in [-0.4, -0.2) is 31.0 Å². The van der Waals surface area contributed by atoms with E-state index in [0.29, 0.717) is 6.54 Å². The number of benzene rings is 1. The highest BCUT2D eigenvalue weighted by atomic mass is 32.2. The van der Waals surface area contributed by atoms with Gasteiger partial charge in [0.05, 0.1) is 5.75 Å². The molecule has 4 nitrogen and oxygen atoms in total. The van der Waals surface area contributed by atoms with E-state index < -0.39 is 9.84 Å². The molecule has 0 saturated heterocycles. The van der Waals surface area contributed by atoms with Crippen LogP contribution in [0.1, 0.15) is 18.9 Å². The van der Waals surface area contributed by atoms with E-state index in [2.05, 4.69) is 25.1 Å². The van der Waals surface area contributed by atoms with Gasteiger partial charge in [-0.05, 0) is 42.0 Å². The lowest BCUT2D eigenvalue weighted by Crippen LogP contribution is -2.21. The molecule has 0 aliphatic rings. The van der Waals surface area contributed by atoms with E-state index in [-0.39, 0.29) is 11.8 Å². The Kier molecular flexibility index (Phi) is 4.50. The zero-order valence-electron chi connectivity index (χ0n) is 12.0. The lowest BCUT2D eigenvalue weighted by molar-refractivity contribution is 0.596. The van der Waals surface area contributed by atoms with E-state index >= 15 is 0 Å². The summed E-state index contributed by atoms with van der Waals surface area (Å²) < 4.78 is 24.5. The topological polar surface area (TPSA) is 65.1 Å².